The molecule has 0 aliphatic carbocycles. The van der Waals surface area contributed by atoms with E-state index in [1.165, 1.54) is 6.08 Å². The van der Waals surface area contributed by atoms with Crippen molar-refractivity contribution in [3.63, 3.8) is 0 Å². The van der Waals surface area contributed by atoms with Crippen LogP contribution in [-0.4, -0.2) is 63.0 Å². The lowest BCUT2D eigenvalue weighted by atomic mass is 10.1. The van der Waals surface area contributed by atoms with Crippen LogP contribution in [0.5, 0.6) is 5.75 Å². The molecule has 1 aromatic heterocycles. The molecule has 2 aromatic carbocycles. The SMILES string of the molecule is COc1cc(/C=C/C(=O)N(CCO)Cc2ccccc2)ccc1-n1cc(C)nc1C.O=C(O)C(F)(F)F. The summed E-state index contributed by atoms with van der Waals surface area (Å²) in [6.07, 6.45) is 0.165. The molecule has 0 spiro atoms. The first-order valence-electron chi connectivity index (χ1n) is 11.1. The largest absolute Gasteiger partial charge is 0.495 e. The van der Waals surface area contributed by atoms with Gasteiger partial charge in [0, 0.05) is 25.4 Å². The standard InChI is InChI=1S/C24H27N3O3.C2HF3O2/c1-18-16-27(19(2)25-18)22-11-9-20(15-23(22)30-3)10-12-24(29)26(13-14-28)17-21-7-5-4-6-8-21;3-2(4,5)1(6)7/h4-12,15-16,28H,13-14,17H2,1-3H3;(H,6,7)/b12-10+;. The minimum atomic E-state index is -5.08. The van der Waals surface area contributed by atoms with E-state index in [2.05, 4.69) is 4.98 Å². The van der Waals surface area contributed by atoms with Crippen LogP contribution in [0.2, 0.25) is 0 Å². The van der Waals surface area contributed by atoms with E-state index in [4.69, 9.17) is 14.6 Å². The summed E-state index contributed by atoms with van der Waals surface area (Å²) in [6, 6.07) is 15.5. The Morgan fingerprint density at radius 3 is 2.30 bits per heavy atom. The fourth-order valence-electron chi connectivity index (χ4n) is 3.32. The van der Waals surface area contributed by atoms with Crippen LogP contribution in [-0.2, 0) is 16.1 Å². The molecule has 2 N–H and O–H groups in total. The molecule has 11 heteroatoms. The van der Waals surface area contributed by atoms with Gasteiger partial charge < -0.3 is 24.4 Å². The van der Waals surface area contributed by atoms with Crippen LogP contribution in [0.4, 0.5) is 13.2 Å². The number of carbonyl (C=O) groups is 2. The molecule has 0 fully saturated rings. The predicted molar refractivity (Wildman–Crippen MR) is 131 cm³/mol. The Morgan fingerprint density at radius 1 is 1.14 bits per heavy atom. The molecular weight excluding hydrogens is 491 g/mol. The predicted octanol–water partition coefficient (Wildman–Crippen LogP) is 4.17. The fourth-order valence-corrected chi connectivity index (χ4v) is 3.32. The van der Waals surface area contributed by atoms with Crippen LogP contribution in [0.25, 0.3) is 11.8 Å². The molecule has 3 aromatic rings. The number of rotatable bonds is 8. The third kappa shape index (κ3) is 8.80. The Balaban J connectivity index is 0.000000604. The smallest absolute Gasteiger partial charge is 0.490 e. The summed E-state index contributed by atoms with van der Waals surface area (Å²) >= 11 is 0. The highest BCUT2D eigenvalue weighted by molar-refractivity contribution is 5.91. The quantitative estimate of drug-likeness (QED) is 0.433. The lowest BCUT2D eigenvalue weighted by Gasteiger charge is -2.20. The Morgan fingerprint density at radius 2 is 1.78 bits per heavy atom. The molecule has 0 bridgehead atoms. The first-order valence-corrected chi connectivity index (χ1v) is 11.1. The Labute approximate surface area is 212 Å². The van der Waals surface area contributed by atoms with Crippen LogP contribution in [0, 0.1) is 13.8 Å². The number of halogens is 3. The van der Waals surface area contributed by atoms with Crippen molar-refractivity contribution in [2.24, 2.45) is 0 Å². The van der Waals surface area contributed by atoms with E-state index in [0.29, 0.717) is 12.3 Å². The Bertz CT molecular complexity index is 1220. The van der Waals surface area contributed by atoms with Gasteiger partial charge in [-0.05, 0) is 43.2 Å². The van der Waals surface area contributed by atoms with E-state index >= 15 is 0 Å². The maximum absolute atomic E-state index is 12.7. The molecule has 0 radical (unpaired) electrons. The molecule has 0 saturated heterocycles. The van der Waals surface area contributed by atoms with Crippen LogP contribution >= 0.6 is 0 Å². The van der Waals surface area contributed by atoms with Gasteiger partial charge in [-0.15, -0.1) is 0 Å². The molecule has 0 atom stereocenters. The normalized spacial score (nSPS) is 11.1. The zero-order valence-corrected chi connectivity index (χ0v) is 20.6. The molecule has 3 rings (SSSR count). The third-order valence-corrected chi connectivity index (χ3v) is 5.02. The monoisotopic (exact) mass is 519 g/mol. The average Bonchev–Trinajstić information content (AvgIpc) is 3.19. The number of aryl methyl sites for hydroxylation is 2. The summed E-state index contributed by atoms with van der Waals surface area (Å²) in [7, 11) is 1.62. The number of nitrogens with zero attached hydrogens (tertiary/aromatic N) is 3. The maximum Gasteiger partial charge on any atom is 0.490 e. The summed E-state index contributed by atoms with van der Waals surface area (Å²) in [5.74, 6) is -1.34. The van der Waals surface area contributed by atoms with Crippen LogP contribution < -0.4 is 4.74 Å². The van der Waals surface area contributed by atoms with Gasteiger partial charge in [0.2, 0.25) is 5.91 Å². The topological polar surface area (TPSA) is 105 Å². The number of aliphatic hydroxyl groups is 1. The Kier molecular flexibility index (Phi) is 10.4. The number of aromatic nitrogens is 2. The molecule has 198 valence electrons. The average molecular weight is 520 g/mol. The lowest BCUT2D eigenvalue weighted by Crippen LogP contribution is -2.31. The number of carbonyl (C=O) groups excluding carboxylic acids is 1. The molecule has 0 unspecified atom stereocenters. The number of aliphatic carboxylic acids is 1. The van der Waals surface area contributed by atoms with Gasteiger partial charge in [0.05, 0.1) is 25.1 Å². The molecule has 0 saturated carbocycles. The van der Waals surface area contributed by atoms with Gasteiger partial charge in [0.15, 0.2) is 0 Å². The van der Waals surface area contributed by atoms with Gasteiger partial charge in [0.25, 0.3) is 0 Å². The van der Waals surface area contributed by atoms with Crippen molar-refractivity contribution >= 4 is 18.0 Å². The zero-order valence-electron chi connectivity index (χ0n) is 20.6. The molecule has 0 aliphatic rings. The van der Waals surface area contributed by atoms with E-state index in [1.807, 2.05) is 73.1 Å². The van der Waals surface area contributed by atoms with Crippen molar-refractivity contribution in [2.45, 2.75) is 26.6 Å². The number of aliphatic hydroxyl groups excluding tert-OH is 1. The van der Waals surface area contributed by atoms with Crippen molar-refractivity contribution in [3.8, 4) is 11.4 Å². The third-order valence-electron chi connectivity index (χ3n) is 5.02. The maximum atomic E-state index is 12.7. The summed E-state index contributed by atoms with van der Waals surface area (Å²) in [6.45, 7) is 4.54. The molecule has 1 heterocycles. The second kappa shape index (κ2) is 13.3. The first-order chi connectivity index (χ1) is 17.5. The number of hydrogen-bond acceptors (Lipinski definition) is 5. The highest BCUT2D eigenvalue weighted by atomic mass is 19.4. The summed E-state index contributed by atoms with van der Waals surface area (Å²) in [4.78, 5) is 27.6. The first kappa shape index (κ1) is 29.1. The van der Waals surface area contributed by atoms with Crippen molar-refractivity contribution in [1.82, 2.24) is 14.5 Å². The van der Waals surface area contributed by atoms with Crippen molar-refractivity contribution in [3.05, 3.63) is 83.4 Å². The number of hydrogen-bond donors (Lipinski definition) is 2. The molecular formula is C26H28F3N3O5. The van der Waals surface area contributed by atoms with Gasteiger partial charge in [-0.2, -0.15) is 13.2 Å². The second-order valence-electron chi connectivity index (χ2n) is 7.84. The number of carboxylic acids is 1. The van der Waals surface area contributed by atoms with E-state index in [-0.39, 0.29) is 19.1 Å². The fraction of sp³-hybridized carbons (Fsp3) is 0.269. The number of benzene rings is 2. The van der Waals surface area contributed by atoms with Crippen LogP contribution in [0.15, 0.2) is 60.8 Å². The van der Waals surface area contributed by atoms with Gasteiger partial charge >= 0.3 is 12.1 Å². The van der Waals surface area contributed by atoms with Gasteiger partial charge in [-0.3, -0.25) is 4.79 Å². The molecule has 0 aliphatic heterocycles. The van der Waals surface area contributed by atoms with E-state index < -0.39 is 12.1 Å². The van der Waals surface area contributed by atoms with Crippen molar-refractivity contribution in [1.29, 1.82) is 0 Å². The number of ether oxygens (including phenoxy) is 1. The molecule has 1 amide bonds. The Hall–Kier alpha value is -4.12. The van der Waals surface area contributed by atoms with Gasteiger partial charge in [0.1, 0.15) is 11.6 Å². The minimum Gasteiger partial charge on any atom is -0.495 e. The summed E-state index contributed by atoms with van der Waals surface area (Å²) in [5.41, 5.74) is 3.70. The van der Waals surface area contributed by atoms with E-state index in [0.717, 1.165) is 28.3 Å². The van der Waals surface area contributed by atoms with Crippen molar-refractivity contribution in [2.75, 3.05) is 20.3 Å². The molecule has 37 heavy (non-hydrogen) atoms. The highest BCUT2D eigenvalue weighted by Crippen LogP contribution is 2.26. The van der Waals surface area contributed by atoms with Gasteiger partial charge in [-0.25, -0.2) is 9.78 Å². The lowest BCUT2D eigenvalue weighted by molar-refractivity contribution is -0.192. The number of carboxylic acid groups (broad SMARTS) is 1. The van der Waals surface area contributed by atoms with E-state index in [1.54, 1.807) is 18.1 Å². The number of methoxy groups -OCH3 is 1. The van der Waals surface area contributed by atoms with Crippen molar-refractivity contribution < 1.29 is 37.7 Å². The second-order valence-corrected chi connectivity index (χ2v) is 7.84. The van der Waals surface area contributed by atoms with E-state index in [9.17, 15) is 23.1 Å². The highest BCUT2D eigenvalue weighted by Gasteiger charge is 2.38. The molecule has 8 nitrogen and oxygen atoms in total. The van der Waals surface area contributed by atoms with Gasteiger partial charge in [-0.1, -0.05) is 36.4 Å². The van der Waals surface area contributed by atoms with Crippen LogP contribution in [0.1, 0.15) is 22.6 Å². The van der Waals surface area contributed by atoms with Crippen LogP contribution in [0.3, 0.4) is 0 Å². The minimum absolute atomic E-state index is 0.0847. The number of amides is 1. The number of imidazole rings is 1. The summed E-state index contributed by atoms with van der Waals surface area (Å²) in [5, 5.41) is 16.5. The number of alkyl halides is 3. The summed E-state index contributed by atoms with van der Waals surface area (Å²) < 4.78 is 39.3. The zero-order chi connectivity index (χ0) is 27.6.